The first-order valence-electron chi connectivity index (χ1n) is 6.39. The van der Waals surface area contributed by atoms with Crippen molar-refractivity contribution in [1.82, 2.24) is 0 Å². The molecule has 96 valence electrons. The summed E-state index contributed by atoms with van der Waals surface area (Å²) >= 11 is 2.05. The number of nitrogens with one attached hydrogen (secondary N) is 1. The number of benzene rings is 1. The number of anilines is 1. The first-order valence-corrected chi connectivity index (χ1v) is 7.47. The molecule has 2 saturated carbocycles. The largest absolute Gasteiger partial charge is 0.325 e. The Balaban J connectivity index is 1.71. The highest BCUT2D eigenvalue weighted by Crippen LogP contribution is 2.48. The number of halogens is 2. The lowest BCUT2D eigenvalue weighted by Crippen LogP contribution is -2.27. The van der Waals surface area contributed by atoms with Crippen LogP contribution in [0.15, 0.2) is 18.2 Å². The molecule has 1 amide bonds. The molecule has 3 atom stereocenters. The number of amides is 1. The van der Waals surface area contributed by atoms with Crippen molar-refractivity contribution in [3.8, 4) is 0 Å². The van der Waals surface area contributed by atoms with Gasteiger partial charge in [0.15, 0.2) is 0 Å². The van der Waals surface area contributed by atoms with Gasteiger partial charge >= 0.3 is 0 Å². The predicted octanol–water partition coefficient (Wildman–Crippen LogP) is 3.81. The quantitative estimate of drug-likeness (QED) is 0.800. The molecular weight excluding hydrogens is 344 g/mol. The molecule has 0 aliphatic heterocycles. The lowest BCUT2D eigenvalue weighted by Gasteiger charge is -2.21. The summed E-state index contributed by atoms with van der Waals surface area (Å²) in [4.78, 5) is 12.2. The summed E-state index contributed by atoms with van der Waals surface area (Å²) in [6.45, 7) is 0. The van der Waals surface area contributed by atoms with Crippen LogP contribution in [0.25, 0.3) is 0 Å². The Bertz CT molecular complexity index is 491. The van der Waals surface area contributed by atoms with Gasteiger partial charge < -0.3 is 5.32 Å². The highest BCUT2D eigenvalue weighted by atomic mass is 127. The lowest BCUT2D eigenvalue weighted by molar-refractivity contribution is -0.121. The highest BCUT2D eigenvalue weighted by Gasteiger charge is 2.43. The number of rotatable bonds is 2. The molecular formula is C14H15FINO. The Morgan fingerprint density at radius 2 is 2.17 bits per heavy atom. The van der Waals surface area contributed by atoms with Crippen molar-refractivity contribution >= 4 is 34.2 Å². The van der Waals surface area contributed by atoms with Gasteiger partial charge in [-0.05, 0) is 71.9 Å². The molecule has 18 heavy (non-hydrogen) atoms. The van der Waals surface area contributed by atoms with E-state index in [2.05, 4.69) is 27.9 Å². The van der Waals surface area contributed by atoms with E-state index in [0.717, 1.165) is 21.6 Å². The molecule has 2 aliphatic carbocycles. The molecule has 0 heterocycles. The second-order valence-electron chi connectivity index (χ2n) is 5.39. The van der Waals surface area contributed by atoms with E-state index >= 15 is 0 Å². The van der Waals surface area contributed by atoms with Crippen LogP contribution in [0.3, 0.4) is 0 Å². The molecule has 1 aromatic rings. The predicted molar refractivity (Wildman–Crippen MR) is 76.7 cm³/mol. The Kier molecular flexibility index (Phi) is 3.30. The molecule has 2 bridgehead atoms. The molecule has 1 N–H and O–H groups in total. The van der Waals surface area contributed by atoms with E-state index in [1.54, 1.807) is 6.07 Å². The smallest absolute Gasteiger partial charge is 0.227 e. The molecule has 0 aromatic heterocycles. The number of carbonyl (C=O) groups excluding carboxylic acids is 1. The molecule has 3 rings (SSSR count). The van der Waals surface area contributed by atoms with Crippen LogP contribution >= 0.6 is 22.6 Å². The zero-order valence-electron chi connectivity index (χ0n) is 9.96. The van der Waals surface area contributed by atoms with Crippen LogP contribution in [-0.2, 0) is 4.79 Å². The van der Waals surface area contributed by atoms with Crippen LogP contribution in [-0.4, -0.2) is 5.91 Å². The normalized spacial score (nSPS) is 29.6. The first-order chi connectivity index (χ1) is 8.63. The van der Waals surface area contributed by atoms with Gasteiger partial charge in [-0.2, -0.15) is 0 Å². The zero-order chi connectivity index (χ0) is 12.7. The number of carbonyl (C=O) groups is 1. The minimum atomic E-state index is -0.266. The van der Waals surface area contributed by atoms with Crippen molar-refractivity contribution in [2.75, 3.05) is 5.32 Å². The third-order valence-electron chi connectivity index (χ3n) is 4.26. The summed E-state index contributed by atoms with van der Waals surface area (Å²) in [5.41, 5.74) is 0.727. The summed E-state index contributed by atoms with van der Waals surface area (Å²) in [6.07, 6.45) is 4.75. The SMILES string of the molecule is O=C(Nc1ccc(F)cc1I)C1CC2CCC1C2. The van der Waals surface area contributed by atoms with Gasteiger partial charge in [0.2, 0.25) is 5.91 Å². The zero-order valence-corrected chi connectivity index (χ0v) is 12.1. The summed E-state index contributed by atoms with van der Waals surface area (Å²) in [5.74, 6) is 1.36. The minimum Gasteiger partial charge on any atom is -0.325 e. The molecule has 0 saturated heterocycles. The van der Waals surface area contributed by atoms with Crippen LogP contribution < -0.4 is 5.32 Å². The van der Waals surface area contributed by atoms with Crippen LogP contribution in [0.1, 0.15) is 25.7 Å². The molecule has 4 heteroatoms. The number of hydrogen-bond acceptors (Lipinski definition) is 1. The topological polar surface area (TPSA) is 29.1 Å². The van der Waals surface area contributed by atoms with Crippen molar-refractivity contribution in [3.05, 3.63) is 27.6 Å². The fourth-order valence-corrected chi connectivity index (χ4v) is 3.99. The van der Waals surface area contributed by atoms with Gasteiger partial charge in [0.1, 0.15) is 5.82 Å². The van der Waals surface area contributed by atoms with Gasteiger partial charge in [-0.15, -0.1) is 0 Å². The third kappa shape index (κ3) is 2.27. The molecule has 0 spiro atoms. The molecule has 2 fully saturated rings. The van der Waals surface area contributed by atoms with Crippen LogP contribution in [0.5, 0.6) is 0 Å². The minimum absolute atomic E-state index is 0.117. The van der Waals surface area contributed by atoms with Gasteiger partial charge in [0.05, 0.1) is 5.69 Å². The van der Waals surface area contributed by atoms with Crippen molar-refractivity contribution in [2.24, 2.45) is 17.8 Å². The molecule has 2 aliphatic rings. The van der Waals surface area contributed by atoms with E-state index in [1.165, 1.54) is 31.4 Å². The van der Waals surface area contributed by atoms with Crippen molar-refractivity contribution in [3.63, 3.8) is 0 Å². The molecule has 2 nitrogen and oxygen atoms in total. The Morgan fingerprint density at radius 1 is 1.33 bits per heavy atom. The maximum atomic E-state index is 13.0. The lowest BCUT2D eigenvalue weighted by atomic mass is 9.88. The standard InChI is InChI=1S/C14H15FINO/c15-10-3-4-13(12(16)7-10)17-14(18)11-6-8-1-2-9(11)5-8/h3-4,7-9,11H,1-2,5-6H2,(H,17,18). The van der Waals surface area contributed by atoms with Crippen LogP contribution in [0.4, 0.5) is 10.1 Å². The fraction of sp³-hybridized carbons (Fsp3) is 0.500. The summed E-state index contributed by atoms with van der Waals surface area (Å²) in [7, 11) is 0. The van der Waals surface area contributed by atoms with E-state index in [9.17, 15) is 9.18 Å². The van der Waals surface area contributed by atoms with E-state index in [1.807, 2.05) is 0 Å². The maximum absolute atomic E-state index is 13.0. The van der Waals surface area contributed by atoms with Crippen LogP contribution in [0.2, 0.25) is 0 Å². The van der Waals surface area contributed by atoms with Gasteiger partial charge in [-0.25, -0.2) is 4.39 Å². The van der Waals surface area contributed by atoms with E-state index < -0.39 is 0 Å². The van der Waals surface area contributed by atoms with Crippen molar-refractivity contribution in [1.29, 1.82) is 0 Å². The maximum Gasteiger partial charge on any atom is 0.227 e. The first kappa shape index (κ1) is 12.4. The third-order valence-corrected chi connectivity index (χ3v) is 5.16. The molecule has 1 aromatic carbocycles. The van der Waals surface area contributed by atoms with E-state index in [4.69, 9.17) is 0 Å². The Morgan fingerprint density at radius 3 is 2.78 bits per heavy atom. The fourth-order valence-electron chi connectivity index (χ4n) is 3.38. The monoisotopic (exact) mass is 359 g/mol. The second kappa shape index (κ2) is 4.79. The number of hydrogen-bond donors (Lipinski definition) is 1. The molecule has 3 unspecified atom stereocenters. The van der Waals surface area contributed by atoms with Gasteiger partial charge in [-0.3, -0.25) is 4.79 Å². The average molecular weight is 359 g/mol. The summed E-state index contributed by atoms with van der Waals surface area (Å²) < 4.78 is 13.7. The van der Waals surface area contributed by atoms with E-state index in [-0.39, 0.29) is 17.6 Å². The van der Waals surface area contributed by atoms with Crippen molar-refractivity contribution in [2.45, 2.75) is 25.7 Å². The summed E-state index contributed by atoms with van der Waals surface area (Å²) in [6, 6.07) is 4.47. The van der Waals surface area contributed by atoms with Gasteiger partial charge in [-0.1, -0.05) is 6.42 Å². The van der Waals surface area contributed by atoms with Gasteiger partial charge in [0, 0.05) is 9.49 Å². The van der Waals surface area contributed by atoms with Crippen molar-refractivity contribution < 1.29 is 9.18 Å². The molecule has 0 radical (unpaired) electrons. The summed E-state index contributed by atoms with van der Waals surface area (Å²) in [5, 5.41) is 2.95. The second-order valence-corrected chi connectivity index (χ2v) is 6.56. The number of fused-ring (bicyclic) bond motifs is 2. The van der Waals surface area contributed by atoms with E-state index in [0.29, 0.717) is 5.92 Å². The van der Waals surface area contributed by atoms with Crippen LogP contribution in [0, 0.1) is 27.1 Å². The highest BCUT2D eigenvalue weighted by molar-refractivity contribution is 14.1. The Labute approximate surface area is 119 Å². The van der Waals surface area contributed by atoms with Gasteiger partial charge in [0.25, 0.3) is 0 Å². The average Bonchev–Trinajstić information content (AvgIpc) is 2.94. The Hall–Kier alpha value is -0.650.